The van der Waals surface area contributed by atoms with Gasteiger partial charge in [0.2, 0.25) is 5.88 Å². The SMILES string of the molecule is CCOP(=O)(CO[C@H]1C=C[C@@H](n2cc(-c3cccs3)c(OC)nc2=O)C1)OCC. The lowest BCUT2D eigenvalue weighted by molar-refractivity contribution is 0.0893. The highest BCUT2D eigenvalue weighted by Gasteiger charge is 2.29. The Labute approximate surface area is 173 Å². The van der Waals surface area contributed by atoms with Gasteiger partial charge in [-0.2, -0.15) is 4.98 Å². The molecular weight excluding hydrogens is 415 g/mol. The van der Waals surface area contributed by atoms with Crippen LogP contribution in [0.5, 0.6) is 5.88 Å². The molecule has 158 valence electrons. The van der Waals surface area contributed by atoms with Crippen molar-refractivity contribution in [2.75, 3.05) is 26.7 Å². The van der Waals surface area contributed by atoms with Crippen molar-refractivity contribution in [1.29, 1.82) is 0 Å². The maximum Gasteiger partial charge on any atom is 0.356 e. The molecule has 0 bridgehead atoms. The molecule has 0 fully saturated rings. The van der Waals surface area contributed by atoms with Gasteiger partial charge >= 0.3 is 13.3 Å². The molecule has 0 radical (unpaired) electrons. The smallest absolute Gasteiger partial charge is 0.356 e. The Bertz CT molecular complexity index is 933. The molecule has 0 spiro atoms. The van der Waals surface area contributed by atoms with E-state index in [4.69, 9.17) is 18.5 Å². The fourth-order valence-electron chi connectivity index (χ4n) is 3.12. The molecule has 1 aliphatic carbocycles. The average Bonchev–Trinajstić information content (AvgIpc) is 3.39. The average molecular weight is 440 g/mol. The number of allylic oxidation sites excluding steroid dienone is 1. The van der Waals surface area contributed by atoms with Crippen LogP contribution in [0.15, 0.2) is 40.7 Å². The zero-order valence-electron chi connectivity index (χ0n) is 16.6. The molecule has 0 aromatic carbocycles. The normalized spacial score (nSPS) is 19.0. The minimum Gasteiger partial charge on any atom is -0.480 e. The Balaban J connectivity index is 1.73. The van der Waals surface area contributed by atoms with Crippen LogP contribution < -0.4 is 10.4 Å². The van der Waals surface area contributed by atoms with Crippen LogP contribution in [0.25, 0.3) is 10.4 Å². The maximum atomic E-state index is 12.6. The van der Waals surface area contributed by atoms with Crippen LogP contribution in [0.1, 0.15) is 26.3 Å². The van der Waals surface area contributed by atoms with Crippen molar-refractivity contribution in [2.45, 2.75) is 32.4 Å². The van der Waals surface area contributed by atoms with E-state index in [9.17, 15) is 9.36 Å². The van der Waals surface area contributed by atoms with Crippen LogP contribution >= 0.6 is 18.9 Å². The molecule has 2 heterocycles. The molecule has 0 amide bonds. The Morgan fingerprint density at radius 1 is 1.28 bits per heavy atom. The van der Waals surface area contributed by atoms with Crippen LogP contribution in [-0.2, 0) is 18.3 Å². The lowest BCUT2D eigenvalue weighted by Crippen LogP contribution is -2.27. The molecule has 2 aromatic heterocycles. The number of hydrogen-bond donors (Lipinski definition) is 0. The summed E-state index contributed by atoms with van der Waals surface area (Å²) in [6, 6.07) is 3.67. The van der Waals surface area contributed by atoms with Gasteiger partial charge in [0.15, 0.2) is 0 Å². The molecule has 29 heavy (non-hydrogen) atoms. The maximum absolute atomic E-state index is 12.6. The quantitative estimate of drug-likeness (QED) is 0.406. The van der Waals surface area contributed by atoms with E-state index in [-0.39, 0.29) is 31.7 Å². The summed E-state index contributed by atoms with van der Waals surface area (Å²) in [7, 11) is -1.78. The first-order chi connectivity index (χ1) is 14.0. The molecular formula is C19H25N2O6PS. The second-order valence-corrected chi connectivity index (χ2v) is 9.24. The van der Waals surface area contributed by atoms with E-state index in [1.807, 2.05) is 29.7 Å². The summed E-state index contributed by atoms with van der Waals surface area (Å²) in [5, 5.41) is 1.96. The Kier molecular flexibility index (Phi) is 7.43. The van der Waals surface area contributed by atoms with E-state index in [1.165, 1.54) is 7.11 Å². The molecule has 10 heteroatoms. The third kappa shape index (κ3) is 5.24. The fourth-order valence-corrected chi connectivity index (χ4v) is 5.23. The number of hydrogen-bond acceptors (Lipinski definition) is 8. The van der Waals surface area contributed by atoms with Gasteiger partial charge in [0, 0.05) is 17.5 Å². The van der Waals surface area contributed by atoms with E-state index in [1.54, 1.807) is 35.9 Å². The van der Waals surface area contributed by atoms with Crippen molar-refractivity contribution >= 4 is 18.9 Å². The van der Waals surface area contributed by atoms with Crippen molar-refractivity contribution in [3.63, 3.8) is 0 Å². The lowest BCUT2D eigenvalue weighted by Gasteiger charge is -2.20. The summed E-state index contributed by atoms with van der Waals surface area (Å²) in [4.78, 5) is 17.6. The van der Waals surface area contributed by atoms with Gasteiger partial charge in [-0.1, -0.05) is 18.2 Å². The first kappa shape index (κ1) is 21.9. The fraction of sp³-hybridized carbons (Fsp3) is 0.474. The van der Waals surface area contributed by atoms with Gasteiger partial charge in [0.05, 0.1) is 38.0 Å². The highest BCUT2D eigenvalue weighted by molar-refractivity contribution is 7.53. The molecule has 2 atom stereocenters. The molecule has 0 N–H and O–H groups in total. The molecule has 0 aliphatic heterocycles. The van der Waals surface area contributed by atoms with Crippen molar-refractivity contribution in [3.05, 3.63) is 46.3 Å². The zero-order valence-corrected chi connectivity index (χ0v) is 18.4. The van der Waals surface area contributed by atoms with E-state index in [0.717, 1.165) is 10.4 Å². The standard InChI is InChI=1S/C19H25N2O6PS/c1-4-26-28(23,27-5-2)13-25-15-9-8-14(11-15)21-12-16(17-7-6-10-29-17)18(24-3)20-19(21)22/h6-10,12,14-15H,4-5,11,13H2,1-3H3/t14-,15+/m1/s1. The van der Waals surface area contributed by atoms with Gasteiger partial charge in [0.1, 0.15) is 6.35 Å². The summed E-state index contributed by atoms with van der Waals surface area (Å²) in [5.74, 6) is 0.304. The topological polar surface area (TPSA) is 88.9 Å². The van der Waals surface area contributed by atoms with Gasteiger partial charge < -0.3 is 18.5 Å². The number of aromatic nitrogens is 2. The minimum absolute atomic E-state index is 0.132. The van der Waals surface area contributed by atoms with Crippen LogP contribution in [0.3, 0.4) is 0 Å². The predicted molar refractivity (Wildman–Crippen MR) is 112 cm³/mol. The number of methoxy groups -OCH3 is 1. The van der Waals surface area contributed by atoms with E-state index in [2.05, 4.69) is 4.98 Å². The van der Waals surface area contributed by atoms with Crippen molar-refractivity contribution < 1.29 is 23.1 Å². The minimum atomic E-state index is -3.28. The monoisotopic (exact) mass is 440 g/mol. The van der Waals surface area contributed by atoms with Gasteiger partial charge in [-0.05, 0) is 25.3 Å². The molecule has 3 rings (SSSR count). The van der Waals surface area contributed by atoms with Crippen LogP contribution in [0, 0.1) is 0 Å². The summed E-state index contributed by atoms with van der Waals surface area (Å²) in [6.45, 7) is 4.07. The third-order valence-electron chi connectivity index (χ3n) is 4.37. The van der Waals surface area contributed by atoms with Crippen LogP contribution in [0.4, 0.5) is 0 Å². The molecule has 0 unspecified atom stereocenters. The summed E-state index contributed by atoms with van der Waals surface area (Å²) in [6.07, 6.45) is 5.61. The van der Waals surface area contributed by atoms with E-state index in [0.29, 0.717) is 12.3 Å². The van der Waals surface area contributed by atoms with Crippen molar-refractivity contribution in [3.8, 4) is 16.3 Å². The highest BCUT2D eigenvalue weighted by Crippen LogP contribution is 2.48. The molecule has 8 nitrogen and oxygen atoms in total. The van der Waals surface area contributed by atoms with Crippen LogP contribution in [-0.4, -0.2) is 42.3 Å². The van der Waals surface area contributed by atoms with Gasteiger partial charge in [-0.15, -0.1) is 11.3 Å². The first-order valence-corrected chi connectivity index (χ1v) is 12.0. The van der Waals surface area contributed by atoms with Crippen molar-refractivity contribution in [2.24, 2.45) is 0 Å². The molecule has 2 aromatic rings. The predicted octanol–water partition coefficient (Wildman–Crippen LogP) is 4.09. The first-order valence-electron chi connectivity index (χ1n) is 9.38. The molecule has 0 saturated carbocycles. The second kappa shape index (κ2) is 9.82. The van der Waals surface area contributed by atoms with Gasteiger partial charge in [-0.3, -0.25) is 9.13 Å². The number of rotatable bonds is 10. The number of nitrogens with zero attached hydrogens (tertiary/aromatic N) is 2. The van der Waals surface area contributed by atoms with Crippen LogP contribution in [0.2, 0.25) is 0 Å². The number of ether oxygens (including phenoxy) is 2. The van der Waals surface area contributed by atoms with E-state index < -0.39 is 13.3 Å². The van der Waals surface area contributed by atoms with Gasteiger partial charge in [-0.25, -0.2) is 4.79 Å². The number of thiophene rings is 1. The molecule has 1 aliphatic rings. The van der Waals surface area contributed by atoms with Crippen molar-refractivity contribution in [1.82, 2.24) is 9.55 Å². The second-order valence-electron chi connectivity index (χ2n) is 6.30. The Morgan fingerprint density at radius 3 is 2.66 bits per heavy atom. The highest BCUT2D eigenvalue weighted by atomic mass is 32.1. The van der Waals surface area contributed by atoms with E-state index >= 15 is 0 Å². The lowest BCUT2D eigenvalue weighted by atomic mass is 10.2. The summed E-state index contributed by atoms with van der Waals surface area (Å²) in [5.41, 5.74) is 0.365. The summed E-state index contributed by atoms with van der Waals surface area (Å²) < 4.78 is 35.7. The Hall–Kier alpha value is -1.77. The Morgan fingerprint density at radius 2 is 2.03 bits per heavy atom. The third-order valence-corrected chi connectivity index (χ3v) is 7.05. The van der Waals surface area contributed by atoms with Gasteiger partial charge in [0.25, 0.3) is 0 Å². The largest absolute Gasteiger partial charge is 0.480 e. The zero-order chi connectivity index (χ0) is 20.9. The summed E-state index contributed by atoms with van der Waals surface area (Å²) >= 11 is 1.55. The molecule has 0 saturated heterocycles.